The summed E-state index contributed by atoms with van der Waals surface area (Å²) >= 11 is 0. The van der Waals surface area contributed by atoms with Crippen molar-refractivity contribution in [2.45, 2.75) is 38.5 Å². The Morgan fingerprint density at radius 3 is 1.82 bits per heavy atom. The van der Waals surface area contributed by atoms with Gasteiger partial charge in [-0.25, -0.2) is 0 Å². The number of fused-ring (bicyclic) bond motifs is 9. The van der Waals surface area contributed by atoms with Crippen molar-refractivity contribution >= 4 is 38.9 Å². The lowest BCUT2D eigenvalue weighted by Crippen LogP contribution is -2.21. The van der Waals surface area contributed by atoms with E-state index in [4.69, 9.17) is 0 Å². The van der Waals surface area contributed by atoms with E-state index in [1.807, 2.05) is 0 Å². The summed E-state index contributed by atoms with van der Waals surface area (Å²) in [6.45, 7) is 9.49. The minimum Gasteiger partial charge on any atom is -0.310 e. The lowest BCUT2D eigenvalue weighted by atomic mass is 9.81. The molecule has 268 valence electrons. The number of anilines is 3. The standard InChI is InChI=1S/C54H42N2/c1-53(2)46-24-11-9-21-41(46)45-34-39(29-31-48(45)53)55(50-27-15-23-44-40-20-8-12-25-47(40)54(3,4)52(44)50)38-19-14-16-35(32-38)36-28-30-43-42-22-10-13-26-49(42)56(51(43)33-36)37-17-6-5-7-18-37/h5-34H,1-4H3. The molecule has 2 heteroatoms. The van der Waals surface area contributed by atoms with Crippen molar-refractivity contribution < 1.29 is 0 Å². The topological polar surface area (TPSA) is 8.17 Å². The van der Waals surface area contributed by atoms with E-state index in [2.05, 4.69) is 219 Å². The first kappa shape index (κ1) is 32.8. The van der Waals surface area contributed by atoms with Crippen LogP contribution in [0.1, 0.15) is 49.9 Å². The van der Waals surface area contributed by atoms with Crippen LogP contribution in [0.25, 0.3) is 60.9 Å². The van der Waals surface area contributed by atoms with E-state index in [0.29, 0.717) is 0 Å². The van der Waals surface area contributed by atoms with Gasteiger partial charge in [0.25, 0.3) is 0 Å². The van der Waals surface area contributed by atoms with E-state index in [0.717, 1.165) is 11.4 Å². The molecule has 9 aromatic rings. The van der Waals surface area contributed by atoms with Crippen LogP contribution in [-0.4, -0.2) is 4.57 Å². The fraction of sp³-hybridized carbons (Fsp3) is 0.111. The summed E-state index contributed by atoms with van der Waals surface area (Å²) in [5, 5.41) is 2.52. The highest BCUT2D eigenvalue weighted by molar-refractivity contribution is 6.10. The van der Waals surface area contributed by atoms with Gasteiger partial charge in [0.15, 0.2) is 0 Å². The Labute approximate surface area is 328 Å². The fourth-order valence-electron chi connectivity index (χ4n) is 10.1. The Morgan fingerprint density at radius 2 is 1.00 bits per heavy atom. The predicted octanol–water partition coefficient (Wildman–Crippen LogP) is 14.5. The van der Waals surface area contributed by atoms with Gasteiger partial charge in [-0.3, -0.25) is 0 Å². The molecule has 0 radical (unpaired) electrons. The molecule has 0 saturated carbocycles. The molecule has 2 aliphatic rings. The molecule has 2 aliphatic carbocycles. The second-order valence-corrected chi connectivity index (χ2v) is 16.6. The van der Waals surface area contributed by atoms with Crippen LogP contribution in [-0.2, 0) is 10.8 Å². The molecule has 1 aromatic heterocycles. The third-order valence-corrected chi connectivity index (χ3v) is 12.8. The number of hydrogen-bond donors (Lipinski definition) is 0. The molecule has 0 amide bonds. The Kier molecular flexibility index (Phi) is 6.98. The molecule has 8 aromatic carbocycles. The van der Waals surface area contributed by atoms with Gasteiger partial charge in [-0.05, 0) is 110 Å². The maximum atomic E-state index is 2.52. The van der Waals surface area contributed by atoms with E-state index in [1.54, 1.807) is 0 Å². The summed E-state index contributed by atoms with van der Waals surface area (Å²) < 4.78 is 2.40. The average Bonchev–Trinajstić information content (AvgIpc) is 3.78. The highest BCUT2D eigenvalue weighted by atomic mass is 15.1. The van der Waals surface area contributed by atoms with Crippen molar-refractivity contribution in [3.05, 3.63) is 204 Å². The van der Waals surface area contributed by atoms with Gasteiger partial charge in [-0.15, -0.1) is 0 Å². The number of aromatic nitrogens is 1. The highest BCUT2D eigenvalue weighted by Crippen LogP contribution is 2.56. The Balaban J connectivity index is 1.13. The number of para-hydroxylation sites is 2. The maximum Gasteiger partial charge on any atom is 0.0547 e. The zero-order valence-electron chi connectivity index (χ0n) is 32.2. The average molecular weight is 719 g/mol. The van der Waals surface area contributed by atoms with Gasteiger partial charge in [-0.2, -0.15) is 0 Å². The summed E-state index contributed by atoms with van der Waals surface area (Å²) in [4.78, 5) is 2.52. The Morgan fingerprint density at radius 1 is 0.393 bits per heavy atom. The van der Waals surface area contributed by atoms with Crippen LogP contribution >= 0.6 is 0 Å². The zero-order valence-corrected chi connectivity index (χ0v) is 32.2. The van der Waals surface area contributed by atoms with E-state index in [-0.39, 0.29) is 10.8 Å². The molecule has 0 spiro atoms. The molecule has 0 saturated heterocycles. The van der Waals surface area contributed by atoms with E-state index in [9.17, 15) is 0 Å². The molecule has 0 fully saturated rings. The Bertz CT molecular complexity index is 3030. The molecule has 11 rings (SSSR count). The molecule has 1 heterocycles. The van der Waals surface area contributed by atoms with E-state index >= 15 is 0 Å². The van der Waals surface area contributed by atoms with Crippen molar-refractivity contribution in [1.82, 2.24) is 4.57 Å². The smallest absolute Gasteiger partial charge is 0.0547 e. The minimum atomic E-state index is -0.181. The van der Waals surface area contributed by atoms with Crippen molar-refractivity contribution in [3.8, 4) is 39.1 Å². The molecular formula is C54H42N2. The number of benzene rings is 8. The van der Waals surface area contributed by atoms with Gasteiger partial charge in [0.05, 0.1) is 16.7 Å². The Hall–Kier alpha value is -6.64. The van der Waals surface area contributed by atoms with Crippen LogP contribution in [0.5, 0.6) is 0 Å². The van der Waals surface area contributed by atoms with Crippen molar-refractivity contribution in [2.24, 2.45) is 0 Å². The first-order chi connectivity index (χ1) is 27.3. The largest absolute Gasteiger partial charge is 0.310 e. The molecule has 56 heavy (non-hydrogen) atoms. The zero-order chi connectivity index (χ0) is 37.8. The van der Waals surface area contributed by atoms with Crippen LogP contribution in [0.2, 0.25) is 0 Å². The van der Waals surface area contributed by atoms with Crippen LogP contribution < -0.4 is 4.90 Å². The van der Waals surface area contributed by atoms with E-state index in [1.165, 1.54) is 88.8 Å². The first-order valence-corrected chi connectivity index (χ1v) is 19.8. The monoisotopic (exact) mass is 718 g/mol. The maximum absolute atomic E-state index is 2.52. The molecule has 0 aliphatic heterocycles. The SMILES string of the molecule is CC1(C)c2ccccc2-c2cc(N(c3cccc(-c4ccc5c6ccccc6n(-c6ccccc6)c5c4)c3)c3cccc4c3C(C)(C)c3ccccc3-4)ccc21. The normalized spacial score (nSPS) is 14.4. The predicted molar refractivity (Wildman–Crippen MR) is 236 cm³/mol. The lowest BCUT2D eigenvalue weighted by Gasteiger charge is -2.33. The number of hydrogen-bond acceptors (Lipinski definition) is 1. The summed E-state index contributed by atoms with van der Waals surface area (Å²) in [6, 6.07) is 67.5. The molecule has 0 atom stereocenters. The number of rotatable bonds is 5. The summed E-state index contributed by atoms with van der Waals surface area (Å²) in [7, 11) is 0. The van der Waals surface area contributed by atoms with Crippen LogP contribution in [0, 0.1) is 0 Å². The molecular weight excluding hydrogens is 677 g/mol. The molecule has 0 unspecified atom stereocenters. The third-order valence-electron chi connectivity index (χ3n) is 12.8. The highest BCUT2D eigenvalue weighted by Gasteiger charge is 2.40. The van der Waals surface area contributed by atoms with Gasteiger partial charge < -0.3 is 9.47 Å². The molecule has 2 nitrogen and oxygen atoms in total. The van der Waals surface area contributed by atoms with Crippen LogP contribution in [0.3, 0.4) is 0 Å². The van der Waals surface area contributed by atoms with Gasteiger partial charge in [0, 0.05) is 38.7 Å². The van der Waals surface area contributed by atoms with Gasteiger partial charge in [-0.1, -0.05) is 155 Å². The van der Waals surface area contributed by atoms with Crippen molar-refractivity contribution in [1.29, 1.82) is 0 Å². The van der Waals surface area contributed by atoms with Crippen LogP contribution in [0.15, 0.2) is 182 Å². The summed E-state index contributed by atoms with van der Waals surface area (Å²) in [5.74, 6) is 0. The van der Waals surface area contributed by atoms with Gasteiger partial charge >= 0.3 is 0 Å². The molecule has 0 N–H and O–H groups in total. The quantitative estimate of drug-likeness (QED) is 0.172. The van der Waals surface area contributed by atoms with Crippen LogP contribution in [0.4, 0.5) is 17.1 Å². The second-order valence-electron chi connectivity index (χ2n) is 16.6. The number of nitrogens with zero attached hydrogens (tertiary/aromatic N) is 2. The van der Waals surface area contributed by atoms with Gasteiger partial charge in [0.2, 0.25) is 0 Å². The van der Waals surface area contributed by atoms with Crippen molar-refractivity contribution in [3.63, 3.8) is 0 Å². The van der Waals surface area contributed by atoms with E-state index < -0.39 is 0 Å². The fourth-order valence-corrected chi connectivity index (χ4v) is 10.1. The first-order valence-electron chi connectivity index (χ1n) is 19.8. The third kappa shape index (κ3) is 4.62. The minimum absolute atomic E-state index is 0.0618. The lowest BCUT2D eigenvalue weighted by molar-refractivity contribution is 0.660. The van der Waals surface area contributed by atoms with Crippen molar-refractivity contribution in [2.75, 3.05) is 4.90 Å². The molecule has 0 bridgehead atoms. The summed E-state index contributed by atoms with van der Waals surface area (Å²) in [6.07, 6.45) is 0. The van der Waals surface area contributed by atoms with Gasteiger partial charge in [0.1, 0.15) is 0 Å². The summed E-state index contributed by atoms with van der Waals surface area (Å²) in [5.41, 5.74) is 20.0. The second kappa shape index (κ2) is 11.9.